The predicted molar refractivity (Wildman–Crippen MR) is 130 cm³/mol. The maximum Gasteiger partial charge on any atom is 0.318 e. The summed E-state index contributed by atoms with van der Waals surface area (Å²) in [6, 6.07) is 38.1. The van der Waals surface area contributed by atoms with Crippen molar-refractivity contribution in [1.29, 1.82) is 0 Å². The van der Waals surface area contributed by atoms with E-state index in [1.807, 2.05) is 66.7 Å². The summed E-state index contributed by atoms with van der Waals surface area (Å²) in [6.45, 7) is 3.30. The van der Waals surface area contributed by atoms with E-state index in [1.165, 1.54) is 11.1 Å². The van der Waals surface area contributed by atoms with Gasteiger partial charge >= 0.3 is 5.97 Å². The number of nitrogens with zero attached hydrogens (tertiary/aromatic N) is 1. The largest absolute Gasteiger partial charge is 0.480 e. The van der Waals surface area contributed by atoms with E-state index < -0.39 is 11.4 Å². The number of benzene rings is 4. The molecule has 0 aromatic heterocycles. The predicted octanol–water partition coefficient (Wildman–Crippen LogP) is 6.28. The highest BCUT2D eigenvalue weighted by atomic mass is 16.4. The number of carboxylic acid groups (broad SMARTS) is 1. The van der Waals surface area contributed by atoms with E-state index in [4.69, 9.17) is 0 Å². The Morgan fingerprint density at radius 3 is 1.50 bits per heavy atom. The molecule has 160 valence electrons. The highest BCUT2D eigenvalue weighted by Crippen LogP contribution is 2.34. The Morgan fingerprint density at radius 2 is 1.06 bits per heavy atom. The molecule has 0 saturated heterocycles. The maximum absolute atomic E-state index is 12.3. The van der Waals surface area contributed by atoms with Crippen LogP contribution in [-0.2, 0) is 23.3 Å². The quantitative estimate of drug-likeness (QED) is 0.364. The summed E-state index contributed by atoms with van der Waals surface area (Å²) in [7, 11) is 0. The van der Waals surface area contributed by atoms with E-state index in [1.54, 1.807) is 6.92 Å². The van der Waals surface area contributed by atoms with Crippen molar-refractivity contribution in [3.8, 4) is 0 Å². The Hall–Kier alpha value is -3.85. The molecule has 0 saturated carbocycles. The van der Waals surface area contributed by atoms with Gasteiger partial charge in [0.15, 0.2) is 0 Å². The Morgan fingerprint density at radius 1 is 0.656 bits per heavy atom. The number of aliphatic carboxylic acids is 1. The van der Waals surface area contributed by atoms with E-state index in [-0.39, 0.29) is 0 Å². The second kappa shape index (κ2) is 9.52. The summed E-state index contributed by atoms with van der Waals surface area (Å²) in [4.78, 5) is 14.6. The molecule has 1 N–H and O–H groups in total. The Kier molecular flexibility index (Phi) is 6.37. The van der Waals surface area contributed by atoms with Gasteiger partial charge in [-0.3, -0.25) is 4.79 Å². The van der Waals surface area contributed by atoms with Crippen molar-refractivity contribution in [2.75, 3.05) is 4.90 Å². The third-order valence-corrected chi connectivity index (χ3v) is 6.02. The molecule has 1 unspecified atom stereocenters. The summed E-state index contributed by atoms with van der Waals surface area (Å²) < 4.78 is 0. The zero-order valence-electron chi connectivity index (χ0n) is 18.2. The molecule has 0 spiro atoms. The number of hydrogen-bond acceptors (Lipinski definition) is 2. The minimum atomic E-state index is -1.11. The summed E-state index contributed by atoms with van der Waals surface area (Å²) in [5, 5.41) is 10.1. The molecule has 4 aromatic rings. The maximum atomic E-state index is 12.3. The van der Waals surface area contributed by atoms with Crippen LogP contribution in [0.2, 0.25) is 0 Å². The van der Waals surface area contributed by atoms with Crippen LogP contribution in [0.3, 0.4) is 0 Å². The lowest BCUT2D eigenvalue weighted by molar-refractivity contribution is -0.141. The molecular weight excluding hydrogens is 394 g/mol. The fourth-order valence-corrected chi connectivity index (χ4v) is 4.04. The van der Waals surface area contributed by atoms with E-state index >= 15 is 0 Å². The average Bonchev–Trinajstić information content (AvgIpc) is 2.85. The van der Waals surface area contributed by atoms with Crippen molar-refractivity contribution in [1.82, 2.24) is 0 Å². The highest BCUT2D eigenvalue weighted by Gasteiger charge is 2.37. The van der Waals surface area contributed by atoms with Crippen molar-refractivity contribution in [2.45, 2.75) is 25.4 Å². The molecule has 0 heterocycles. The molecule has 3 heteroatoms. The van der Waals surface area contributed by atoms with Crippen molar-refractivity contribution >= 4 is 11.7 Å². The molecule has 0 amide bonds. The number of carbonyl (C=O) groups is 1. The lowest BCUT2D eigenvalue weighted by atomic mass is 9.76. The molecule has 0 radical (unpaired) electrons. The first kappa shape index (κ1) is 21.4. The third-order valence-electron chi connectivity index (χ3n) is 6.02. The summed E-state index contributed by atoms with van der Waals surface area (Å²) >= 11 is 0. The second-order valence-corrected chi connectivity index (χ2v) is 8.17. The van der Waals surface area contributed by atoms with Crippen molar-refractivity contribution in [3.05, 3.63) is 138 Å². The summed E-state index contributed by atoms with van der Waals surface area (Å²) in [6.07, 6.45) is 0. The van der Waals surface area contributed by atoms with E-state index in [0.29, 0.717) is 0 Å². The molecule has 0 aliphatic rings. The van der Waals surface area contributed by atoms with Gasteiger partial charge in [0.05, 0.1) is 0 Å². The molecule has 0 bridgehead atoms. The van der Waals surface area contributed by atoms with Crippen LogP contribution in [0.4, 0.5) is 5.69 Å². The van der Waals surface area contributed by atoms with Crippen LogP contribution in [0.1, 0.15) is 29.2 Å². The SMILES string of the molecule is CC(C(=O)O)(c1ccccc1)c1ccc(N(Cc2ccccc2)Cc2ccccc2)cc1. The van der Waals surface area contributed by atoms with Crippen LogP contribution in [0, 0.1) is 0 Å². The zero-order valence-corrected chi connectivity index (χ0v) is 18.2. The monoisotopic (exact) mass is 421 g/mol. The zero-order chi connectivity index (χ0) is 22.4. The fourth-order valence-electron chi connectivity index (χ4n) is 4.04. The topological polar surface area (TPSA) is 40.5 Å². The van der Waals surface area contributed by atoms with Gasteiger partial charge in [0.2, 0.25) is 0 Å². The minimum absolute atomic E-state index is 0.763. The molecular formula is C29H27NO2. The van der Waals surface area contributed by atoms with Gasteiger partial charge in [0, 0.05) is 18.8 Å². The second-order valence-electron chi connectivity index (χ2n) is 8.17. The molecule has 4 rings (SSSR count). The average molecular weight is 422 g/mol. The fraction of sp³-hybridized carbons (Fsp3) is 0.138. The Labute approximate surface area is 189 Å². The molecule has 1 atom stereocenters. The van der Waals surface area contributed by atoms with E-state index in [9.17, 15) is 9.90 Å². The Bertz CT molecular complexity index is 1100. The smallest absolute Gasteiger partial charge is 0.318 e. The van der Waals surface area contributed by atoms with Crippen LogP contribution in [0.15, 0.2) is 115 Å². The van der Waals surface area contributed by atoms with Gasteiger partial charge < -0.3 is 10.0 Å². The lowest BCUT2D eigenvalue weighted by Crippen LogP contribution is -2.33. The molecule has 4 aromatic carbocycles. The lowest BCUT2D eigenvalue weighted by Gasteiger charge is -2.29. The minimum Gasteiger partial charge on any atom is -0.480 e. The van der Waals surface area contributed by atoms with Gasteiger partial charge in [-0.2, -0.15) is 0 Å². The van der Waals surface area contributed by atoms with E-state index in [2.05, 4.69) is 53.4 Å². The number of anilines is 1. The van der Waals surface area contributed by atoms with Gasteiger partial charge in [0.1, 0.15) is 5.41 Å². The van der Waals surface area contributed by atoms with Crippen molar-refractivity contribution in [3.63, 3.8) is 0 Å². The van der Waals surface area contributed by atoms with Crippen LogP contribution in [0.5, 0.6) is 0 Å². The molecule has 32 heavy (non-hydrogen) atoms. The van der Waals surface area contributed by atoms with Gasteiger partial charge in [-0.25, -0.2) is 0 Å². The third kappa shape index (κ3) is 4.57. The Balaban J connectivity index is 1.67. The first-order chi connectivity index (χ1) is 15.6. The van der Waals surface area contributed by atoms with Gasteiger partial charge in [-0.1, -0.05) is 103 Å². The highest BCUT2D eigenvalue weighted by molar-refractivity contribution is 5.85. The number of rotatable bonds is 8. The first-order valence-electron chi connectivity index (χ1n) is 10.8. The van der Waals surface area contributed by atoms with Gasteiger partial charge in [-0.15, -0.1) is 0 Å². The first-order valence-corrected chi connectivity index (χ1v) is 10.8. The molecule has 0 aliphatic carbocycles. The summed E-state index contributed by atoms with van der Waals surface area (Å²) in [5.74, 6) is -0.859. The summed E-state index contributed by atoms with van der Waals surface area (Å²) in [5.41, 5.74) is 3.94. The number of carboxylic acids is 1. The molecule has 0 aliphatic heterocycles. The van der Waals surface area contributed by atoms with E-state index in [0.717, 1.165) is 29.9 Å². The van der Waals surface area contributed by atoms with Crippen LogP contribution >= 0.6 is 0 Å². The van der Waals surface area contributed by atoms with Crippen molar-refractivity contribution < 1.29 is 9.90 Å². The van der Waals surface area contributed by atoms with Crippen LogP contribution in [-0.4, -0.2) is 11.1 Å². The van der Waals surface area contributed by atoms with Crippen molar-refractivity contribution in [2.24, 2.45) is 0 Å². The standard InChI is InChI=1S/C29H27NO2/c1-29(28(31)32,25-15-9-4-10-16-25)26-17-19-27(20-18-26)30(21-23-11-5-2-6-12-23)22-24-13-7-3-8-14-24/h2-20H,21-22H2,1H3,(H,31,32). The van der Waals surface area contributed by atoms with Gasteiger partial charge in [-0.05, 0) is 41.3 Å². The van der Waals surface area contributed by atoms with Gasteiger partial charge in [0.25, 0.3) is 0 Å². The molecule has 0 fully saturated rings. The molecule has 3 nitrogen and oxygen atoms in total. The van der Waals surface area contributed by atoms with Crippen LogP contribution < -0.4 is 4.90 Å². The van der Waals surface area contributed by atoms with Crippen LogP contribution in [0.25, 0.3) is 0 Å². The normalized spacial score (nSPS) is 12.7. The number of hydrogen-bond donors (Lipinski definition) is 1.